The van der Waals surface area contributed by atoms with Gasteiger partial charge in [0.05, 0.1) is 6.10 Å². The molecule has 0 aromatic rings. The number of ether oxygens (including phenoxy) is 1. The van der Waals surface area contributed by atoms with E-state index >= 15 is 0 Å². The van der Waals surface area contributed by atoms with Gasteiger partial charge in [-0.2, -0.15) is 0 Å². The first-order chi connectivity index (χ1) is 6.11. The molecule has 0 aromatic heterocycles. The highest BCUT2D eigenvalue weighted by Crippen LogP contribution is 2.19. The highest BCUT2D eigenvalue weighted by Gasteiger charge is 2.24. The van der Waals surface area contributed by atoms with Gasteiger partial charge in [-0.1, -0.05) is 13.8 Å². The van der Waals surface area contributed by atoms with Gasteiger partial charge in [0.15, 0.2) is 0 Å². The second kappa shape index (κ2) is 4.61. The van der Waals surface area contributed by atoms with Crippen molar-refractivity contribution in [2.45, 2.75) is 33.3 Å². The summed E-state index contributed by atoms with van der Waals surface area (Å²) in [6.45, 7) is 7.48. The van der Waals surface area contributed by atoms with E-state index < -0.39 is 0 Å². The number of rotatable bonds is 3. The molecule has 1 aliphatic heterocycles. The lowest BCUT2D eigenvalue weighted by Crippen LogP contribution is -2.34. The Bertz CT molecular complexity index is 180. The summed E-state index contributed by atoms with van der Waals surface area (Å²) >= 11 is 0. The van der Waals surface area contributed by atoms with Gasteiger partial charge in [0.25, 0.3) is 0 Å². The van der Waals surface area contributed by atoms with Crippen molar-refractivity contribution in [2.75, 3.05) is 13.2 Å². The molecule has 13 heavy (non-hydrogen) atoms. The van der Waals surface area contributed by atoms with Crippen LogP contribution in [0.4, 0.5) is 0 Å². The van der Waals surface area contributed by atoms with Crippen LogP contribution >= 0.6 is 0 Å². The number of carbonyl (C=O) groups is 1. The maximum absolute atomic E-state index is 11.3. The van der Waals surface area contributed by atoms with E-state index in [1.807, 2.05) is 13.8 Å². The third-order valence-electron chi connectivity index (χ3n) is 2.60. The van der Waals surface area contributed by atoms with Gasteiger partial charge in [0.2, 0.25) is 5.91 Å². The van der Waals surface area contributed by atoms with Crippen molar-refractivity contribution in [3.8, 4) is 0 Å². The van der Waals surface area contributed by atoms with Crippen LogP contribution in [-0.2, 0) is 9.53 Å². The number of amides is 1. The first kappa shape index (κ1) is 10.5. The predicted molar refractivity (Wildman–Crippen MR) is 51.4 cm³/mol. The summed E-state index contributed by atoms with van der Waals surface area (Å²) < 4.78 is 5.41. The Labute approximate surface area is 79.8 Å². The van der Waals surface area contributed by atoms with E-state index in [0.29, 0.717) is 12.0 Å². The molecule has 1 fully saturated rings. The summed E-state index contributed by atoms with van der Waals surface area (Å²) in [6.07, 6.45) is 1.37. The lowest BCUT2D eigenvalue weighted by molar-refractivity contribution is -0.124. The Morgan fingerprint density at radius 2 is 2.31 bits per heavy atom. The number of hydrogen-bond acceptors (Lipinski definition) is 2. The predicted octanol–water partition coefficient (Wildman–Crippen LogP) is 1.18. The van der Waals surface area contributed by atoms with Gasteiger partial charge >= 0.3 is 0 Å². The van der Waals surface area contributed by atoms with Crippen molar-refractivity contribution < 1.29 is 9.53 Å². The molecule has 0 spiro atoms. The van der Waals surface area contributed by atoms with Gasteiger partial charge in [-0.3, -0.25) is 4.79 Å². The Hall–Kier alpha value is -0.570. The molecule has 1 rings (SSSR count). The average Bonchev–Trinajstić information content (AvgIpc) is 2.47. The number of carbonyl (C=O) groups excluding carboxylic acids is 1. The summed E-state index contributed by atoms with van der Waals surface area (Å²) in [4.78, 5) is 11.3. The maximum atomic E-state index is 11.3. The molecular formula is C10H19NO2. The Kier molecular flexibility index (Phi) is 3.72. The molecule has 2 unspecified atom stereocenters. The van der Waals surface area contributed by atoms with Crippen molar-refractivity contribution >= 4 is 5.91 Å². The fourth-order valence-corrected chi connectivity index (χ4v) is 1.48. The zero-order chi connectivity index (χ0) is 9.84. The summed E-state index contributed by atoms with van der Waals surface area (Å²) in [6, 6.07) is 0. The number of hydrogen-bond donors (Lipinski definition) is 1. The molecule has 1 heterocycles. The van der Waals surface area contributed by atoms with E-state index in [1.54, 1.807) is 0 Å². The summed E-state index contributed by atoms with van der Waals surface area (Å²) in [5, 5.41) is 2.94. The van der Waals surface area contributed by atoms with Crippen LogP contribution in [0.3, 0.4) is 0 Å². The topological polar surface area (TPSA) is 38.3 Å². The van der Waals surface area contributed by atoms with Crippen LogP contribution < -0.4 is 5.32 Å². The summed E-state index contributed by atoms with van der Waals surface area (Å²) in [5.74, 6) is 0.722. The Balaban J connectivity index is 2.22. The molecule has 0 radical (unpaired) electrons. The van der Waals surface area contributed by atoms with Gasteiger partial charge in [0.1, 0.15) is 0 Å². The second-order valence-electron chi connectivity index (χ2n) is 4.02. The molecule has 2 atom stereocenters. The zero-order valence-corrected chi connectivity index (χ0v) is 8.67. The highest BCUT2D eigenvalue weighted by molar-refractivity contribution is 5.77. The van der Waals surface area contributed by atoms with Crippen LogP contribution in [0, 0.1) is 11.8 Å². The quantitative estimate of drug-likeness (QED) is 0.717. The van der Waals surface area contributed by atoms with Crippen LogP contribution in [0.25, 0.3) is 0 Å². The van der Waals surface area contributed by atoms with Gasteiger partial charge in [-0.05, 0) is 13.3 Å². The minimum absolute atomic E-state index is 0.0811. The Morgan fingerprint density at radius 3 is 2.77 bits per heavy atom. The van der Waals surface area contributed by atoms with E-state index in [-0.39, 0.29) is 11.8 Å². The van der Waals surface area contributed by atoms with E-state index in [4.69, 9.17) is 4.74 Å². The monoisotopic (exact) mass is 185 g/mol. The van der Waals surface area contributed by atoms with Crippen molar-refractivity contribution in [3.05, 3.63) is 0 Å². The smallest absolute Gasteiger partial charge is 0.222 e. The molecule has 3 heteroatoms. The first-order valence-electron chi connectivity index (χ1n) is 5.00. The van der Waals surface area contributed by atoms with E-state index in [1.165, 1.54) is 0 Å². The van der Waals surface area contributed by atoms with Gasteiger partial charge in [-0.15, -0.1) is 0 Å². The summed E-state index contributed by atoms with van der Waals surface area (Å²) in [7, 11) is 0. The fraction of sp³-hybridized carbons (Fsp3) is 0.900. The molecule has 0 aliphatic carbocycles. The van der Waals surface area contributed by atoms with Crippen LogP contribution in [0.1, 0.15) is 27.2 Å². The van der Waals surface area contributed by atoms with Gasteiger partial charge in [-0.25, -0.2) is 0 Å². The Morgan fingerprint density at radius 1 is 1.62 bits per heavy atom. The molecule has 1 N–H and O–H groups in total. The second-order valence-corrected chi connectivity index (χ2v) is 4.02. The molecule has 0 bridgehead atoms. The third-order valence-corrected chi connectivity index (χ3v) is 2.60. The van der Waals surface area contributed by atoms with Gasteiger partial charge < -0.3 is 10.1 Å². The van der Waals surface area contributed by atoms with Crippen LogP contribution in [0.2, 0.25) is 0 Å². The van der Waals surface area contributed by atoms with Crippen molar-refractivity contribution in [3.63, 3.8) is 0 Å². The largest absolute Gasteiger partial charge is 0.378 e. The van der Waals surface area contributed by atoms with Crippen molar-refractivity contribution in [1.82, 2.24) is 5.32 Å². The van der Waals surface area contributed by atoms with Crippen LogP contribution in [0.5, 0.6) is 0 Å². The number of nitrogens with one attached hydrogen (secondary N) is 1. The van der Waals surface area contributed by atoms with Crippen molar-refractivity contribution in [1.29, 1.82) is 0 Å². The highest BCUT2D eigenvalue weighted by atomic mass is 16.5. The SMILES string of the molecule is CC(C)C(=O)NCC1CCOC1C. The molecule has 1 saturated heterocycles. The molecule has 3 nitrogen and oxygen atoms in total. The summed E-state index contributed by atoms with van der Waals surface area (Å²) in [5.41, 5.74) is 0. The molecule has 0 saturated carbocycles. The van der Waals surface area contributed by atoms with E-state index in [2.05, 4.69) is 12.2 Å². The molecule has 76 valence electrons. The third kappa shape index (κ3) is 2.99. The standard InChI is InChI=1S/C10H19NO2/c1-7(2)10(12)11-6-9-4-5-13-8(9)3/h7-9H,4-6H2,1-3H3,(H,11,12). The molecule has 1 aliphatic rings. The van der Waals surface area contributed by atoms with Gasteiger partial charge in [0, 0.05) is 25.0 Å². The van der Waals surface area contributed by atoms with E-state index in [0.717, 1.165) is 19.6 Å². The van der Waals surface area contributed by atoms with Crippen molar-refractivity contribution in [2.24, 2.45) is 11.8 Å². The minimum Gasteiger partial charge on any atom is -0.378 e. The maximum Gasteiger partial charge on any atom is 0.222 e. The lowest BCUT2D eigenvalue weighted by Gasteiger charge is -2.15. The fourth-order valence-electron chi connectivity index (χ4n) is 1.48. The van der Waals surface area contributed by atoms with E-state index in [9.17, 15) is 4.79 Å². The molecule has 1 amide bonds. The normalized spacial score (nSPS) is 28.0. The molecular weight excluding hydrogens is 166 g/mol. The average molecular weight is 185 g/mol. The van der Waals surface area contributed by atoms with Crippen LogP contribution in [0.15, 0.2) is 0 Å². The minimum atomic E-state index is 0.0811. The zero-order valence-electron chi connectivity index (χ0n) is 8.67. The first-order valence-corrected chi connectivity index (χ1v) is 5.00. The lowest BCUT2D eigenvalue weighted by atomic mass is 10.0. The van der Waals surface area contributed by atoms with Crippen LogP contribution in [-0.4, -0.2) is 25.2 Å². The molecule has 0 aromatic carbocycles.